The Morgan fingerprint density at radius 2 is 1.71 bits per heavy atom. The average Bonchev–Trinajstić information content (AvgIpc) is 2.33. The van der Waals surface area contributed by atoms with E-state index in [0.717, 1.165) is 38.4 Å². The summed E-state index contributed by atoms with van der Waals surface area (Å²) in [6.45, 7) is 4.20. The predicted octanol–water partition coefficient (Wildman–Crippen LogP) is 0.800. The minimum atomic E-state index is -0.784. The number of nitrogens with zero attached hydrogens (tertiary/aromatic N) is 2. The van der Waals surface area contributed by atoms with Crippen molar-refractivity contribution < 1.29 is 9.90 Å². The first-order valence-corrected chi connectivity index (χ1v) is 6.61. The van der Waals surface area contributed by atoms with Crippen LogP contribution < -0.4 is 5.73 Å². The van der Waals surface area contributed by atoms with E-state index in [1.807, 2.05) is 0 Å². The van der Waals surface area contributed by atoms with Gasteiger partial charge in [0.15, 0.2) is 0 Å². The van der Waals surface area contributed by atoms with Crippen molar-refractivity contribution in [3.8, 4) is 0 Å². The molecule has 0 bridgehead atoms. The monoisotopic (exact) mass is 241 g/mol. The first-order valence-electron chi connectivity index (χ1n) is 6.61. The van der Waals surface area contributed by atoms with E-state index < -0.39 is 6.09 Å². The summed E-state index contributed by atoms with van der Waals surface area (Å²) in [4.78, 5) is 14.7. The lowest BCUT2D eigenvalue weighted by Crippen LogP contribution is -2.49. The second-order valence-electron chi connectivity index (χ2n) is 5.35. The van der Waals surface area contributed by atoms with Gasteiger partial charge in [-0.25, -0.2) is 4.79 Å². The van der Waals surface area contributed by atoms with E-state index in [1.165, 1.54) is 17.7 Å². The molecule has 0 aromatic rings. The van der Waals surface area contributed by atoms with E-state index in [4.69, 9.17) is 10.8 Å². The van der Waals surface area contributed by atoms with Crippen LogP contribution in [0.2, 0.25) is 0 Å². The van der Waals surface area contributed by atoms with Gasteiger partial charge < -0.3 is 15.7 Å². The highest BCUT2D eigenvalue weighted by molar-refractivity contribution is 5.65. The number of piperazine rings is 1. The molecule has 2 rings (SSSR count). The predicted molar refractivity (Wildman–Crippen MR) is 66.0 cm³/mol. The van der Waals surface area contributed by atoms with E-state index in [9.17, 15) is 4.79 Å². The number of hydrogen-bond donors (Lipinski definition) is 2. The van der Waals surface area contributed by atoms with Crippen molar-refractivity contribution in [2.75, 3.05) is 32.7 Å². The standard InChI is InChI=1S/C12H23N3O2/c13-11-3-1-10(2-4-11)9-14-5-7-15(8-6-14)12(16)17/h10-11H,1-9,13H2,(H,16,17). The van der Waals surface area contributed by atoms with Crippen molar-refractivity contribution in [3.05, 3.63) is 0 Å². The lowest BCUT2D eigenvalue weighted by atomic mass is 9.86. The van der Waals surface area contributed by atoms with E-state index in [0.29, 0.717) is 19.1 Å². The van der Waals surface area contributed by atoms with Crippen LogP contribution in [0.4, 0.5) is 4.79 Å². The molecular formula is C12H23N3O2. The molecule has 1 aliphatic heterocycles. The van der Waals surface area contributed by atoms with Crippen molar-refractivity contribution in [2.45, 2.75) is 31.7 Å². The zero-order valence-electron chi connectivity index (χ0n) is 10.3. The number of hydrogen-bond acceptors (Lipinski definition) is 3. The summed E-state index contributed by atoms with van der Waals surface area (Å²) in [5.41, 5.74) is 5.90. The van der Waals surface area contributed by atoms with E-state index in [-0.39, 0.29) is 0 Å². The summed E-state index contributed by atoms with van der Waals surface area (Å²) >= 11 is 0. The maximum atomic E-state index is 10.8. The topological polar surface area (TPSA) is 69.8 Å². The SMILES string of the molecule is NC1CCC(CN2CCN(C(=O)O)CC2)CC1. The Hall–Kier alpha value is -0.810. The van der Waals surface area contributed by atoms with Crippen LogP contribution in [-0.2, 0) is 0 Å². The number of carboxylic acid groups (broad SMARTS) is 1. The lowest BCUT2D eigenvalue weighted by molar-refractivity contribution is 0.0934. The Bertz CT molecular complexity index is 256. The largest absolute Gasteiger partial charge is 0.465 e. The molecule has 2 fully saturated rings. The molecule has 1 saturated carbocycles. The zero-order valence-corrected chi connectivity index (χ0v) is 10.3. The second-order valence-corrected chi connectivity index (χ2v) is 5.35. The van der Waals surface area contributed by atoms with E-state index in [2.05, 4.69) is 4.90 Å². The summed E-state index contributed by atoms with van der Waals surface area (Å²) in [5.74, 6) is 0.770. The van der Waals surface area contributed by atoms with Crippen LogP contribution in [-0.4, -0.2) is 59.8 Å². The number of amides is 1. The van der Waals surface area contributed by atoms with Crippen LogP contribution in [0.25, 0.3) is 0 Å². The van der Waals surface area contributed by atoms with Gasteiger partial charge >= 0.3 is 6.09 Å². The van der Waals surface area contributed by atoms with Crippen molar-refractivity contribution in [1.82, 2.24) is 9.80 Å². The molecule has 1 amide bonds. The van der Waals surface area contributed by atoms with Gasteiger partial charge in [-0.2, -0.15) is 0 Å². The molecule has 0 aromatic heterocycles. The normalized spacial score (nSPS) is 31.5. The minimum absolute atomic E-state index is 0.412. The van der Waals surface area contributed by atoms with Crippen LogP contribution in [0.1, 0.15) is 25.7 Å². The van der Waals surface area contributed by atoms with Crippen molar-refractivity contribution >= 4 is 6.09 Å². The third kappa shape index (κ3) is 3.57. The zero-order chi connectivity index (χ0) is 12.3. The molecule has 98 valence electrons. The molecule has 5 heteroatoms. The summed E-state index contributed by atoms with van der Waals surface area (Å²) in [5, 5.41) is 8.87. The molecule has 0 radical (unpaired) electrons. The van der Waals surface area contributed by atoms with Gasteiger partial charge in [0, 0.05) is 38.8 Å². The fraction of sp³-hybridized carbons (Fsp3) is 0.917. The molecule has 0 unspecified atom stereocenters. The molecule has 1 heterocycles. The first kappa shape index (κ1) is 12.6. The number of nitrogens with two attached hydrogens (primary N) is 1. The highest BCUT2D eigenvalue weighted by Crippen LogP contribution is 2.24. The van der Waals surface area contributed by atoms with Gasteiger partial charge in [-0.05, 0) is 31.6 Å². The summed E-state index contributed by atoms with van der Waals surface area (Å²) in [7, 11) is 0. The molecule has 2 aliphatic rings. The summed E-state index contributed by atoms with van der Waals surface area (Å²) in [6.07, 6.45) is 3.99. The minimum Gasteiger partial charge on any atom is -0.465 e. The van der Waals surface area contributed by atoms with Crippen LogP contribution in [0, 0.1) is 5.92 Å². The van der Waals surface area contributed by atoms with Crippen LogP contribution in [0.5, 0.6) is 0 Å². The maximum Gasteiger partial charge on any atom is 0.407 e. The van der Waals surface area contributed by atoms with Gasteiger partial charge in [-0.15, -0.1) is 0 Å². The third-order valence-corrected chi connectivity index (χ3v) is 4.05. The van der Waals surface area contributed by atoms with Crippen molar-refractivity contribution in [2.24, 2.45) is 11.7 Å². The number of rotatable bonds is 2. The molecule has 3 N–H and O–H groups in total. The first-order chi connectivity index (χ1) is 8.15. The molecule has 1 aliphatic carbocycles. The van der Waals surface area contributed by atoms with Gasteiger partial charge in [0.05, 0.1) is 0 Å². The van der Waals surface area contributed by atoms with Gasteiger partial charge in [-0.3, -0.25) is 4.90 Å². The fourth-order valence-electron chi connectivity index (χ4n) is 2.86. The molecule has 1 saturated heterocycles. The van der Waals surface area contributed by atoms with E-state index in [1.54, 1.807) is 0 Å². The Morgan fingerprint density at radius 1 is 1.12 bits per heavy atom. The Labute approximate surface area is 103 Å². The highest BCUT2D eigenvalue weighted by atomic mass is 16.4. The molecule has 17 heavy (non-hydrogen) atoms. The Morgan fingerprint density at radius 3 is 2.24 bits per heavy atom. The van der Waals surface area contributed by atoms with Crippen molar-refractivity contribution in [1.29, 1.82) is 0 Å². The van der Waals surface area contributed by atoms with Gasteiger partial charge in [-0.1, -0.05) is 0 Å². The average molecular weight is 241 g/mol. The maximum absolute atomic E-state index is 10.8. The van der Waals surface area contributed by atoms with Crippen LogP contribution in [0.15, 0.2) is 0 Å². The second kappa shape index (κ2) is 5.69. The van der Waals surface area contributed by atoms with Gasteiger partial charge in [0.25, 0.3) is 0 Å². The van der Waals surface area contributed by atoms with Crippen molar-refractivity contribution in [3.63, 3.8) is 0 Å². The van der Waals surface area contributed by atoms with Gasteiger partial charge in [0.2, 0.25) is 0 Å². The van der Waals surface area contributed by atoms with Crippen LogP contribution in [0.3, 0.4) is 0 Å². The molecule has 0 aromatic carbocycles. The molecular weight excluding hydrogens is 218 g/mol. The summed E-state index contributed by atoms with van der Waals surface area (Å²) in [6, 6.07) is 0.412. The van der Waals surface area contributed by atoms with Gasteiger partial charge in [0.1, 0.15) is 0 Å². The molecule has 0 spiro atoms. The molecule has 5 nitrogen and oxygen atoms in total. The molecule has 0 atom stereocenters. The number of carbonyl (C=O) groups is 1. The summed E-state index contributed by atoms with van der Waals surface area (Å²) < 4.78 is 0. The lowest BCUT2D eigenvalue weighted by Gasteiger charge is -2.36. The van der Waals surface area contributed by atoms with E-state index >= 15 is 0 Å². The smallest absolute Gasteiger partial charge is 0.407 e. The van der Waals surface area contributed by atoms with Crippen LogP contribution >= 0.6 is 0 Å². The highest BCUT2D eigenvalue weighted by Gasteiger charge is 2.24. The quantitative estimate of drug-likeness (QED) is 0.750. The fourth-order valence-corrected chi connectivity index (χ4v) is 2.86. The third-order valence-electron chi connectivity index (χ3n) is 4.05. The Balaban J connectivity index is 1.69. The Kier molecular flexibility index (Phi) is 4.23.